The fourth-order valence-corrected chi connectivity index (χ4v) is 5.36. The Hall–Kier alpha value is -1.38. The highest BCUT2D eigenvalue weighted by atomic mass is 19.1. The number of benzene rings is 1. The third-order valence-corrected chi connectivity index (χ3v) is 7.02. The van der Waals surface area contributed by atoms with E-state index < -0.39 is 0 Å². The largest absolute Gasteiger partial charge is 0.426 e. The number of carbonyl (C=O) groups excluding carboxylic acids is 1. The quantitative estimate of drug-likeness (QED) is 0.290. The monoisotopic (exact) mass is 374 g/mol. The van der Waals surface area contributed by atoms with Gasteiger partial charge in [0.05, 0.1) is 5.41 Å². The van der Waals surface area contributed by atoms with E-state index in [0.29, 0.717) is 11.7 Å². The minimum Gasteiger partial charge on any atom is -0.426 e. The van der Waals surface area contributed by atoms with Gasteiger partial charge in [-0.05, 0) is 61.8 Å². The third kappa shape index (κ3) is 5.12. The maximum Gasteiger partial charge on any atom is 0.317 e. The van der Waals surface area contributed by atoms with Crippen LogP contribution >= 0.6 is 0 Å². The standard InChI is InChI=1S/C24H35FO2/c1-2-3-5-8-19-9-11-20(12-10-19)24(17-6-4-7-18-24)23(26)27-22-15-13-21(25)14-16-22/h13-16,19-20H,2-12,17-18H2,1H3. The Morgan fingerprint density at radius 1 is 1.04 bits per heavy atom. The molecule has 0 bridgehead atoms. The summed E-state index contributed by atoms with van der Waals surface area (Å²) in [6.07, 6.45) is 15.6. The molecule has 1 aromatic rings. The van der Waals surface area contributed by atoms with Crippen LogP contribution in [0, 0.1) is 23.1 Å². The van der Waals surface area contributed by atoms with Crippen LogP contribution in [0.1, 0.15) is 90.4 Å². The molecule has 2 aliphatic carbocycles. The summed E-state index contributed by atoms with van der Waals surface area (Å²) >= 11 is 0. The van der Waals surface area contributed by atoms with E-state index in [2.05, 4.69) is 6.92 Å². The molecular weight excluding hydrogens is 339 g/mol. The average molecular weight is 375 g/mol. The van der Waals surface area contributed by atoms with Crippen molar-refractivity contribution in [2.24, 2.45) is 17.3 Å². The maximum absolute atomic E-state index is 13.3. The third-order valence-electron chi connectivity index (χ3n) is 7.02. The van der Waals surface area contributed by atoms with Gasteiger partial charge in [-0.25, -0.2) is 4.39 Å². The number of hydrogen-bond donors (Lipinski definition) is 0. The predicted octanol–water partition coefficient (Wildman–Crippen LogP) is 7.07. The number of hydrogen-bond acceptors (Lipinski definition) is 2. The highest BCUT2D eigenvalue weighted by Gasteiger charge is 2.48. The van der Waals surface area contributed by atoms with Gasteiger partial charge in [0.1, 0.15) is 11.6 Å². The lowest BCUT2D eigenvalue weighted by molar-refractivity contribution is -0.153. The van der Waals surface area contributed by atoms with Crippen LogP contribution in [0.25, 0.3) is 0 Å². The molecule has 0 heterocycles. The molecule has 2 fully saturated rings. The lowest BCUT2D eigenvalue weighted by Gasteiger charge is -2.44. The molecule has 2 saturated carbocycles. The van der Waals surface area contributed by atoms with E-state index in [1.807, 2.05) is 0 Å². The summed E-state index contributed by atoms with van der Waals surface area (Å²) in [5.74, 6) is 1.40. The summed E-state index contributed by atoms with van der Waals surface area (Å²) in [6, 6.07) is 5.85. The van der Waals surface area contributed by atoms with E-state index >= 15 is 0 Å². The summed E-state index contributed by atoms with van der Waals surface area (Å²) in [4.78, 5) is 13.3. The molecule has 0 N–H and O–H groups in total. The van der Waals surface area contributed by atoms with Crippen molar-refractivity contribution in [2.45, 2.75) is 90.4 Å². The zero-order chi connectivity index (χ0) is 19.1. The second-order valence-corrected chi connectivity index (χ2v) is 8.77. The van der Waals surface area contributed by atoms with Crippen molar-refractivity contribution in [1.82, 2.24) is 0 Å². The zero-order valence-corrected chi connectivity index (χ0v) is 16.9. The van der Waals surface area contributed by atoms with Gasteiger partial charge in [-0.3, -0.25) is 4.79 Å². The Morgan fingerprint density at radius 2 is 1.70 bits per heavy atom. The molecular formula is C24H35FO2. The summed E-state index contributed by atoms with van der Waals surface area (Å²) in [7, 11) is 0. The first-order valence-electron chi connectivity index (χ1n) is 11.1. The van der Waals surface area contributed by atoms with E-state index in [-0.39, 0.29) is 17.2 Å². The van der Waals surface area contributed by atoms with Gasteiger partial charge in [-0.2, -0.15) is 0 Å². The van der Waals surface area contributed by atoms with Gasteiger partial charge in [0.15, 0.2) is 0 Å². The van der Waals surface area contributed by atoms with Crippen LogP contribution in [-0.2, 0) is 4.79 Å². The summed E-state index contributed by atoms with van der Waals surface area (Å²) in [5, 5.41) is 0. The molecule has 0 saturated heterocycles. The highest BCUT2D eigenvalue weighted by Crippen LogP contribution is 2.50. The first-order valence-corrected chi connectivity index (χ1v) is 11.1. The van der Waals surface area contributed by atoms with Crippen LogP contribution in [0.4, 0.5) is 4.39 Å². The first-order chi connectivity index (χ1) is 13.1. The molecule has 0 unspecified atom stereocenters. The predicted molar refractivity (Wildman–Crippen MR) is 107 cm³/mol. The van der Waals surface area contributed by atoms with E-state index in [1.165, 1.54) is 57.1 Å². The van der Waals surface area contributed by atoms with Crippen molar-refractivity contribution < 1.29 is 13.9 Å². The van der Waals surface area contributed by atoms with Crippen LogP contribution in [0.3, 0.4) is 0 Å². The summed E-state index contributed by atoms with van der Waals surface area (Å²) in [5.41, 5.74) is -0.318. The number of rotatable bonds is 7. The van der Waals surface area contributed by atoms with Gasteiger partial charge in [0, 0.05) is 0 Å². The van der Waals surface area contributed by atoms with Crippen LogP contribution < -0.4 is 4.74 Å². The van der Waals surface area contributed by atoms with E-state index in [1.54, 1.807) is 12.1 Å². The molecule has 0 aliphatic heterocycles. The molecule has 0 atom stereocenters. The first kappa shape index (κ1) is 20.4. The Kier molecular flexibility index (Phi) is 7.32. The van der Waals surface area contributed by atoms with Crippen molar-refractivity contribution in [1.29, 1.82) is 0 Å². The van der Waals surface area contributed by atoms with E-state index in [4.69, 9.17) is 4.74 Å². The molecule has 3 heteroatoms. The van der Waals surface area contributed by atoms with Crippen LogP contribution in [0.5, 0.6) is 5.75 Å². The van der Waals surface area contributed by atoms with Crippen LogP contribution in [0.2, 0.25) is 0 Å². The van der Waals surface area contributed by atoms with E-state index in [9.17, 15) is 9.18 Å². The smallest absolute Gasteiger partial charge is 0.317 e. The Labute approximate surface area is 163 Å². The maximum atomic E-state index is 13.3. The van der Waals surface area contributed by atoms with Crippen molar-refractivity contribution >= 4 is 5.97 Å². The molecule has 1 aromatic carbocycles. The van der Waals surface area contributed by atoms with Gasteiger partial charge in [-0.15, -0.1) is 0 Å². The van der Waals surface area contributed by atoms with Crippen LogP contribution in [0.15, 0.2) is 24.3 Å². The molecule has 2 aliphatic rings. The van der Waals surface area contributed by atoms with Gasteiger partial charge in [-0.1, -0.05) is 64.7 Å². The molecule has 3 rings (SSSR count). The number of esters is 1. The molecule has 0 spiro atoms. The number of ether oxygens (including phenoxy) is 1. The Bertz CT molecular complexity index is 581. The molecule has 0 radical (unpaired) electrons. The second kappa shape index (κ2) is 9.71. The van der Waals surface area contributed by atoms with E-state index in [0.717, 1.165) is 44.4 Å². The minimum atomic E-state index is -0.318. The normalized spacial score (nSPS) is 25.1. The molecule has 27 heavy (non-hydrogen) atoms. The molecule has 150 valence electrons. The average Bonchev–Trinajstić information content (AvgIpc) is 2.71. The summed E-state index contributed by atoms with van der Waals surface area (Å²) in [6.45, 7) is 2.26. The second-order valence-electron chi connectivity index (χ2n) is 8.77. The SMILES string of the molecule is CCCCCC1CCC(C2(C(=O)Oc3ccc(F)cc3)CCCCC2)CC1. The number of unbranched alkanes of at least 4 members (excludes halogenated alkanes) is 2. The zero-order valence-electron chi connectivity index (χ0n) is 16.9. The van der Waals surface area contributed by atoms with Gasteiger partial charge >= 0.3 is 5.97 Å². The van der Waals surface area contributed by atoms with Crippen molar-refractivity contribution in [3.8, 4) is 5.75 Å². The van der Waals surface area contributed by atoms with Crippen molar-refractivity contribution in [2.75, 3.05) is 0 Å². The number of carbonyl (C=O) groups is 1. The summed E-state index contributed by atoms with van der Waals surface area (Å²) < 4.78 is 18.9. The van der Waals surface area contributed by atoms with Crippen molar-refractivity contribution in [3.63, 3.8) is 0 Å². The van der Waals surface area contributed by atoms with Gasteiger partial charge < -0.3 is 4.74 Å². The minimum absolute atomic E-state index is 0.0664. The van der Waals surface area contributed by atoms with Gasteiger partial charge in [0.25, 0.3) is 0 Å². The highest BCUT2D eigenvalue weighted by molar-refractivity contribution is 5.79. The van der Waals surface area contributed by atoms with Gasteiger partial charge in [0.2, 0.25) is 0 Å². The molecule has 0 amide bonds. The fourth-order valence-electron chi connectivity index (χ4n) is 5.36. The lowest BCUT2D eigenvalue weighted by Crippen LogP contribution is -2.44. The van der Waals surface area contributed by atoms with Crippen LogP contribution in [-0.4, -0.2) is 5.97 Å². The van der Waals surface area contributed by atoms with Crippen molar-refractivity contribution in [3.05, 3.63) is 30.1 Å². The Morgan fingerprint density at radius 3 is 2.33 bits per heavy atom. The Balaban J connectivity index is 1.64. The lowest BCUT2D eigenvalue weighted by atomic mass is 9.60. The topological polar surface area (TPSA) is 26.3 Å². The number of halogens is 1. The molecule has 0 aromatic heterocycles. The fraction of sp³-hybridized carbons (Fsp3) is 0.708. The molecule has 2 nitrogen and oxygen atoms in total.